The molecule has 3 aromatic rings. The molecule has 4 unspecified atom stereocenters. The van der Waals surface area contributed by atoms with Gasteiger partial charge < -0.3 is 5.32 Å². The molecule has 0 radical (unpaired) electrons. The summed E-state index contributed by atoms with van der Waals surface area (Å²) < 4.78 is 0. The Morgan fingerprint density at radius 3 is 2.62 bits per heavy atom. The molecule has 5 rings (SSSR count). The van der Waals surface area contributed by atoms with Gasteiger partial charge in [0.2, 0.25) is 0 Å². The molecular weight excluding hydrogens is 356 g/mol. The quantitative estimate of drug-likeness (QED) is 0.621. The van der Waals surface area contributed by atoms with Crippen LogP contribution in [0.3, 0.4) is 0 Å². The number of aromatic nitrogens is 1. The fourth-order valence-electron chi connectivity index (χ4n) is 5.66. The fraction of sp³-hybridized carbons (Fsp3) is 0.385. The fourth-order valence-corrected chi connectivity index (χ4v) is 5.66. The van der Waals surface area contributed by atoms with E-state index in [0.29, 0.717) is 5.92 Å². The smallest absolute Gasteiger partial charge is 0.252 e. The Morgan fingerprint density at radius 1 is 1.07 bits per heavy atom. The van der Waals surface area contributed by atoms with Crippen molar-refractivity contribution in [1.29, 1.82) is 0 Å². The second-order valence-electron chi connectivity index (χ2n) is 8.99. The molecule has 1 N–H and O–H groups in total. The van der Waals surface area contributed by atoms with Gasteiger partial charge in [0.05, 0.1) is 16.8 Å². The predicted molar refractivity (Wildman–Crippen MR) is 118 cm³/mol. The van der Waals surface area contributed by atoms with E-state index in [4.69, 9.17) is 4.98 Å². The van der Waals surface area contributed by atoms with Crippen LogP contribution >= 0.6 is 0 Å². The van der Waals surface area contributed by atoms with Crippen molar-refractivity contribution >= 4 is 16.8 Å². The van der Waals surface area contributed by atoms with Crippen LogP contribution in [0.4, 0.5) is 0 Å². The van der Waals surface area contributed by atoms with Crippen LogP contribution in [-0.4, -0.2) is 16.9 Å². The van der Waals surface area contributed by atoms with E-state index in [1.54, 1.807) is 0 Å². The number of hydrogen-bond acceptors (Lipinski definition) is 2. The number of pyridine rings is 1. The van der Waals surface area contributed by atoms with Crippen LogP contribution in [0.5, 0.6) is 0 Å². The van der Waals surface area contributed by atoms with Crippen LogP contribution in [0.25, 0.3) is 22.2 Å². The molecule has 3 heteroatoms. The zero-order chi connectivity index (χ0) is 20.0. The van der Waals surface area contributed by atoms with Crippen LogP contribution in [0.15, 0.2) is 54.6 Å². The second kappa shape index (κ2) is 7.29. The third-order valence-corrected chi connectivity index (χ3v) is 7.18. The zero-order valence-electron chi connectivity index (χ0n) is 17.2. The molecule has 3 nitrogen and oxygen atoms in total. The molecular formula is C26H28N2O. The molecule has 1 aromatic heterocycles. The average molecular weight is 385 g/mol. The minimum Gasteiger partial charge on any atom is -0.349 e. The first-order valence-electron chi connectivity index (χ1n) is 10.9. The first-order chi connectivity index (χ1) is 14.1. The summed E-state index contributed by atoms with van der Waals surface area (Å²) in [6, 6.07) is 18.4. The summed E-state index contributed by atoms with van der Waals surface area (Å²) in [7, 11) is 0. The number of nitrogens with zero attached hydrogens (tertiary/aromatic N) is 1. The predicted octanol–water partition coefficient (Wildman–Crippen LogP) is 5.76. The molecule has 0 saturated heterocycles. The minimum atomic E-state index is 0.0220. The molecule has 2 aliphatic carbocycles. The Labute approximate surface area is 172 Å². The highest BCUT2D eigenvalue weighted by Crippen LogP contribution is 2.49. The van der Waals surface area contributed by atoms with Crippen LogP contribution in [-0.2, 0) is 0 Å². The number of benzene rings is 2. The summed E-state index contributed by atoms with van der Waals surface area (Å²) in [5.74, 6) is 2.33. The third-order valence-electron chi connectivity index (χ3n) is 7.18. The van der Waals surface area contributed by atoms with Gasteiger partial charge in [0.15, 0.2) is 0 Å². The van der Waals surface area contributed by atoms with E-state index in [2.05, 4.69) is 31.3 Å². The number of amides is 1. The lowest BCUT2D eigenvalue weighted by molar-refractivity contribution is 0.0917. The number of hydrogen-bond donors (Lipinski definition) is 1. The van der Waals surface area contributed by atoms with Crippen LogP contribution < -0.4 is 5.32 Å². The zero-order valence-corrected chi connectivity index (χ0v) is 17.2. The normalized spacial score (nSPS) is 24.0. The van der Waals surface area contributed by atoms with Gasteiger partial charge in [-0.15, -0.1) is 0 Å². The number of para-hydroxylation sites is 1. The molecule has 2 aromatic carbocycles. The van der Waals surface area contributed by atoms with Gasteiger partial charge in [-0.2, -0.15) is 0 Å². The highest BCUT2D eigenvalue weighted by atomic mass is 16.1. The second-order valence-corrected chi connectivity index (χ2v) is 8.99. The topological polar surface area (TPSA) is 42.0 Å². The van der Waals surface area contributed by atoms with Gasteiger partial charge in [-0.05, 0) is 68.6 Å². The van der Waals surface area contributed by atoms with Crippen molar-refractivity contribution in [2.75, 3.05) is 0 Å². The minimum absolute atomic E-state index is 0.0220. The molecule has 4 atom stereocenters. The van der Waals surface area contributed by atoms with Crippen molar-refractivity contribution < 1.29 is 4.79 Å². The van der Waals surface area contributed by atoms with Crippen LogP contribution in [0, 0.1) is 24.7 Å². The van der Waals surface area contributed by atoms with E-state index < -0.39 is 0 Å². The Bertz CT molecular complexity index is 1070. The maximum atomic E-state index is 13.4. The highest BCUT2D eigenvalue weighted by molar-refractivity contribution is 6.07. The molecule has 2 bridgehead atoms. The van der Waals surface area contributed by atoms with Crippen LogP contribution in [0.1, 0.15) is 48.5 Å². The molecule has 1 amide bonds. The van der Waals surface area contributed by atoms with Gasteiger partial charge in [-0.3, -0.25) is 4.79 Å². The van der Waals surface area contributed by atoms with Crippen molar-refractivity contribution in [3.05, 3.63) is 65.7 Å². The average Bonchev–Trinajstić information content (AvgIpc) is 3.37. The van der Waals surface area contributed by atoms with E-state index >= 15 is 0 Å². The van der Waals surface area contributed by atoms with E-state index in [1.807, 2.05) is 42.5 Å². The van der Waals surface area contributed by atoms with Gasteiger partial charge in [-0.25, -0.2) is 4.98 Å². The van der Waals surface area contributed by atoms with Gasteiger partial charge >= 0.3 is 0 Å². The molecule has 2 fully saturated rings. The van der Waals surface area contributed by atoms with Crippen molar-refractivity contribution in [3.63, 3.8) is 0 Å². The first kappa shape index (κ1) is 18.4. The van der Waals surface area contributed by atoms with Gasteiger partial charge in [-0.1, -0.05) is 48.9 Å². The Kier molecular flexibility index (Phi) is 4.61. The lowest BCUT2D eigenvalue weighted by atomic mass is 9.84. The van der Waals surface area contributed by atoms with Gasteiger partial charge in [0.1, 0.15) is 0 Å². The molecule has 2 saturated carbocycles. The van der Waals surface area contributed by atoms with E-state index in [-0.39, 0.29) is 11.9 Å². The van der Waals surface area contributed by atoms with E-state index in [9.17, 15) is 4.79 Å². The lowest BCUT2D eigenvalue weighted by Crippen LogP contribution is -2.40. The standard InChI is InChI=1S/C26H28N2O/c1-16-7-3-4-8-20(16)25-15-23(21-9-5-6-10-24(21)28-25)26(29)27-17(2)22-14-18-11-12-19(22)13-18/h3-10,15,17-19,22H,11-14H2,1-2H3,(H,27,29). The molecule has 0 aliphatic heterocycles. The van der Waals surface area contributed by atoms with Crippen molar-refractivity contribution in [2.24, 2.45) is 17.8 Å². The molecule has 1 heterocycles. The summed E-state index contributed by atoms with van der Waals surface area (Å²) in [5.41, 5.74) is 4.69. The van der Waals surface area contributed by atoms with E-state index in [1.165, 1.54) is 25.7 Å². The maximum Gasteiger partial charge on any atom is 0.252 e. The molecule has 29 heavy (non-hydrogen) atoms. The largest absolute Gasteiger partial charge is 0.349 e. The van der Waals surface area contributed by atoms with Gasteiger partial charge in [0.25, 0.3) is 5.91 Å². The Balaban J connectivity index is 1.50. The van der Waals surface area contributed by atoms with Crippen molar-refractivity contribution in [2.45, 2.75) is 45.6 Å². The van der Waals surface area contributed by atoms with Crippen molar-refractivity contribution in [3.8, 4) is 11.3 Å². The first-order valence-corrected chi connectivity index (χ1v) is 10.9. The maximum absolute atomic E-state index is 13.4. The number of rotatable bonds is 4. The number of nitrogens with one attached hydrogen (secondary N) is 1. The lowest BCUT2D eigenvalue weighted by Gasteiger charge is -2.28. The Morgan fingerprint density at radius 2 is 1.86 bits per heavy atom. The summed E-state index contributed by atoms with van der Waals surface area (Å²) in [6.07, 6.45) is 5.36. The number of carbonyl (C=O) groups excluding carboxylic acids is 1. The van der Waals surface area contributed by atoms with Crippen LogP contribution in [0.2, 0.25) is 0 Å². The number of fused-ring (bicyclic) bond motifs is 3. The highest BCUT2D eigenvalue weighted by Gasteiger charge is 2.42. The Hall–Kier alpha value is -2.68. The summed E-state index contributed by atoms with van der Waals surface area (Å²) in [5, 5.41) is 4.26. The molecule has 0 spiro atoms. The molecule has 148 valence electrons. The SMILES string of the molecule is Cc1ccccc1-c1cc(C(=O)NC(C)C2CC3CCC2C3)c2ccccc2n1. The summed E-state index contributed by atoms with van der Waals surface area (Å²) >= 11 is 0. The molecule has 2 aliphatic rings. The number of aryl methyl sites for hydroxylation is 1. The third kappa shape index (κ3) is 3.33. The summed E-state index contributed by atoms with van der Waals surface area (Å²) in [4.78, 5) is 18.2. The van der Waals surface area contributed by atoms with Crippen molar-refractivity contribution in [1.82, 2.24) is 10.3 Å². The monoisotopic (exact) mass is 384 g/mol. The number of carbonyl (C=O) groups is 1. The summed E-state index contributed by atoms with van der Waals surface area (Å²) in [6.45, 7) is 4.28. The van der Waals surface area contributed by atoms with E-state index in [0.717, 1.165) is 45.1 Å². The van der Waals surface area contributed by atoms with Gasteiger partial charge in [0, 0.05) is 17.0 Å².